The molecule has 1 aliphatic heterocycles. The average molecular weight is 262 g/mol. The molecule has 1 heterocycles. The van der Waals surface area contributed by atoms with Gasteiger partial charge in [-0.1, -0.05) is 20.8 Å². The van der Waals surface area contributed by atoms with Gasteiger partial charge in [0.1, 0.15) is 0 Å². The summed E-state index contributed by atoms with van der Waals surface area (Å²) in [6.45, 7) is 6.53. The maximum atomic E-state index is 11.9. The minimum absolute atomic E-state index is 0.0324. The second kappa shape index (κ2) is 5.82. The van der Waals surface area contributed by atoms with Crippen LogP contribution in [0.1, 0.15) is 27.2 Å². The molecule has 0 bridgehead atoms. The van der Waals surface area contributed by atoms with E-state index in [4.69, 9.17) is 0 Å². The average Bonchev–Trinajstić information content (AvgIpc) is 2.57. The Morgan fingerprint density at radius 2 is 2.12 bits per heavy atom. The van der Waals surface area contributed by atoms with E-state index in [0.29, 0.717) is 19.1 Å². The molecule has 100 valence electrons. The molecule has 6 heteroatoms. The Balaban J connectivity index is 2.45. The summed E-state index contributed by atoms with van der Waals surface area (Å²) in [4.78, 5) is 13.5. The molecule has 0 saturated carbocycles. The maximum absolute atomic E-state index is 11.9. The van der Waals surface area contributed by atoms with E-state index in [-0.39, 0.29) is 23.5 Å². The van der Waals surface area contributed by atoms with Gasteiger partial charge in [0.15, 0.2) is 9.84 Å². The monoisotopic (exact) mass is 262 g/mol. The fourth-order valence-electron chi connectivity index (χ4n) is 1.84. The number of hydrogen-bond donors (Lipinski definition) is 1. The molecule has 1 N–H and O–H groups in total. The minimum Gasteiger partial charge on any atom is -0.328 e. The predicted octanol–water partition coefficient (Wildman–Crippen LogP) is 0.225. The van der Waals surface area contributed by atoms with Crippen molar-refractivity contribution in [1.82, 2.24) is 10.2 Å². The van der Waals surface area contributed by atoms with Crippen LogP contribution in [-0.4, -0.2) is 50.0 Å². The van der Waals surface area contributed by atoms with Crippen LogP contribution < -0.4 is 5.32 Å². The Morgan fingerprint density at radius 3 is 2.65 bits per heavy atom. The lowest BCUT2D eigenvalue weighted by molar-refractivity contribution is -0.128. The molecule has 0 aliphatic carbocycles. The van der Waals surface area contributed by atoms with Gasteiger partial charge in [-0.3, -0.25) is 10.1 Å². The Bertz CT molecular complexity index is 365. The lowest BCUT2D eigenvalue weighted by Crippen LogP contribution is -2.34. The summed E-state index contributed by atoms with van der Waals surface area (Å²) in [5.74, 6) is 0.684. The second-order valence-corrected chi connectivity index (χ2v) is 7.36. The number of amides is 1. The smallest absolute Gasteiger partial charge is 0.240 e. The van der Waals surface area contributed by atoms with Crippen molar-refractivity contribution < 1.29 is 13.2 Å². The lowest BCUT2D eigenvalue weighted by Gasteiger charge is -2.15. The molecule has 0 aromatic carbocycles. The van der Waals surface area contributed by atoms with Gasteiger partial charge >= 0.3 is 0 Å². The predicted molar refractivity (Wildman–Crippen MR) is 67.3 cm³/mol. The van der Waals surface area contributed by atoms with Gasteiger partial charge in [-0.25, -0.2) is 8.42 Å². The second-order valence-electron chi connectivity index (χ2n) is 4.88. The van der Waals surface area contributed by atoms with Crippen molar-refractivity contribution in [2.45, 2.75) is 33.2 Å². The fourth-order valence-corrected chi connectivity index (χ4v) is 2.63. The molecule has 1 fully saturated rings. The molecule has 0 aromatic heterocycles. The minimum atomic E-state index is -2.99. The number of hydrogen-bond acceptors (Lipinski definition) is 4. The Kier molecular flexibility index (Phi) is 4.94. The van der Waals surface area contributed by atoms with Crippen molar-refractivity contribution in [1.29, 1.82) is 0 Å². The third kappa shape index (κ3) is 4.27. The summed E-state index contributed by atoms with van der Waals surface area (Å²) < 4.78 is 22.7. The van der Waals surface area contributed by atoms with Crippen LogP contribution in [0.2, 0.25) is 0 Å². The highest BCUT2D eigenvalue weighted by molar-refractivity contribution is 7.91. The topological polar surface area (TPSA) is 66.5 Å². The normalized spacial score (nSPS) is 21.5. The van der Waals surface area contributed by atoms with Crippen molar-refractivity contribution in [3.05, 3.63) is 0 Å². The molecule has 0 spiro atoms. The molecule has 17 heavy (non-hydrogen) atoms. The first-order valence-corrected chi connectivity index (χ1v) is 7.90. The van der Waals surface area contributed by atoms with Crippen LogP contribution in [0.15, 0.2) is 0 Å². The van der Waals surface area contributed by atoms with E-state index in [0.717, 1.165) is 6.42 Å². The first kappa shape index (κ1) is 14.4. The van der Waals surface area contributed by atoms with E-state index in [2.05, 4.69) is 19.2 Å². The summed E-state index contributed by atoms with van der Waals surface area (Å²) >= 11 is 0. The highest BCUT2D eigenvalue weighted by Crippen LogP contribution is 2.12. The standard InChI is InChI=1S/C11H22N2O3S/c1-4-17(15,16)6-5-13-8-12-10(11(13)14)7-9(2)3/h9-10,12H,4-8H2,1-3H3. The van der Waals surface area contributed by atoms with Crippen LogP contribution in [0.25, 0.3) is 0 Å². The van der Waals surface area contributed by atoms with E-state index in [1.54, 1.807) is 11.8 Å². The third-order valence-corrected chi connectivity index (χ3v) is 4.64. The fraction of sp³-hybridized carbons (Fsp3) is 0.909. The van der Waals surface area contributed by atoms with Crippen molar-refractivity contribution in [2.75, 3.05) is 24.7 Å². The van der Waals surface area contributed by atoms with Gasteiger partial charge in [0.2, 0.25) is 5.91 Å². The molecule has 0 aromatic rings. The summed E-state index contributed by atoms with van der Waals surface area (Å²) in [6.07, 6.45) is 0.801. The zero-order valence-electron chi connectivity index (χ0n) is 10.8. The molecule has 1 aliphatic rings. The molecule has 1 saturated heterocycles. The Labute approximate surface area is 103 Å². The number of nitrogens with one attached hydrogen (secondary N) is 1. The van der Waals surface area contributed by atoms with Crippen molar-refractivity contribution in [2.24, 2.45) is 5.92 Å². The molecule has 5 nitrogen and oxygen atoms in total. The van der Waals surface area contributed by atoms with E-state index in [1.165, 1.54) is 0 Å². The highest BCUT2D eigenvalue weighted by Gasteiger charge is 2.31. The van der Waals surface area contributed by atoms with E-state index >= 15 is 0 Å². The zero-order valence-corrected chi connectivity index (χ0v) is 11.6. The molecule has 1 atom stereocenters. The number of sulfone groups is 1. The molecule has 1 rings (SSSR count). The maximum Gasteiger partial charge on any atom is 0.240 e. The van der Waals surface area contributed by atoms with Gasteiger partial charge in [-0.2, -0.15) is 0 Å². The lowest BCUT2D eigenvalue weighted by atomic mass is 10.0. The van der Waals surface area contributed by atoms with E-state index < -0.39 is 9.84 Å². The quantitative estimate of drug-likeness (QED) is 0.744. The van der Waals surface area contributed by atoms with E-state index in [9.17, 15) is 13.2 Å². The van der Waals surface area contributed by atoms with Crippen molar-refractivity contribution >= 4 is 15.7 Å². The van der Waals surface area contributed by atoms with Crippen LogP contribution >= 0.6 is 0 Å². The largest absolute Gasteiger partial charge is 0.328 e. The van der Waals surface area contributed by atoms with Crippen LogP contribution in [0.3, 0.4) is 0 Å². The molecule has 0 radical (unpaired) electrons. The summed E-state index contributed by atoms with van der Waals surface area (Å²) in [5.41, 5.74) is 0. The first-order valence-electron chi connectivity index (χ1n) is 6.08. The third-order valence-electron chi connectivity index (χ3n) is 2.96. The molecular weight excluding hydrogens is 240 g/mol. The summed E-state index contributed by atoms with van der Waals surface area (Å²) in [5, 5.41) is 3.12. The first-order chi connectivity index (χ1) is 7.85. The Morgan fingerprint density at radius 1 is 1.47 bits per heavy atom. The van der Waals surface area contributed by atoms with E-state index in [1.807, 2.05) is 0 Å². The van der Waals surface area contributed by atoms with Gasteiger partial charge in [0, 0.05) is 12.3 Å². The van der Waals surface area contributed by atoms with Gasteiger partial charge in [-0.05, 0) is 12.3 Å². The van der Waals surface area contributed by atoms with Crippen molar-refractivity contribution in [3.63, 3.8) is 0 Å². The Hall–Kier alpha value is -0.620. The van der Waals surface area contributed by atoms with Gasteiger partial charge in [0.05, 0.1) is 18.5 Å². The molecule has 1 unspecified atom stereocenters. The van der Waals surface area contributed by atoms with Gasteiger partial charge in [0.25, 0.3) is 0 Å². The van der Waals surface area contributed by atoms with Crippen LogP contribution in [0, 0.1) is 5.92 Å². The summed E-state index contributed by atoms with van der Waals surface area (Å²) in [6, 6.07) is -0.140. The number of carbonyl (C=O) groups is 1. The van der Waals surface area contributed by atoms with Gasteiger partial charge in [-0.15, -0.1) is 0 Å². The van der Waals surface area contributed by atoms with Crippen LogP contribution in [-0.2, 0) is 14.6 Å². The SMILES string of the molecule is CCS(=O)(=O)CCN1CNC(CC(C)C)C1=O. The molecule has 1 amide bonds. The number of rotatable bonds is 6. The van der Waals surface area contributed by atoms with Crippen molar-refractivity contribution in [3.8, 4) is 0 Å². The van der Waals surface area contributed by atoms with Crippen LogP contribution in [0.5, 0.6) is 0 Å². The summed E-state index contributed by atoms with van der Waals surface area (Å²) in [7, 11) is -2.99. The van der Waals surface area contributed by atoms with Gasteiger partial charge < -0.3 is 4.90 Å². The molecular formula is C11H22N2O3S. The zero-order chi connectivity index (χ0) is 13.1. The number of carbonyl (C=O) groups excluding carboxylic acids is 1. The number of nitrogens with zero attached hydrogens (tertiary/aromatic N) is 1. The highest BCUT2D eigenvalue weighted by atomic mass is 32.2. The van der Waals surface area contributed by atoms with Crippen LogP contribution in [0.4, 0.5) is 0 Å².